The van der Waals surface area contributed by atoms with E-state index in [-0.39, 0.29) is 43.4 Å². The number of phosphoric ester groups is 1. The van der Waals surface area contributed by atoms with E-state index in [0.717, 1.165) is 4.57 Å². The normalized spacial score (nSPS) is 33.3. The zero-order valence-electron chi connectivity index (χ0n) is 20.9. The predicted octanol–water partition coefficient (Wildman–Crippen LogP) is -1.20. The third-order valence-corrected chi connectivity index (χ3v) is 8.37. The molecule has 3 aliphatic heterocycles. The highest BCUT2D eigenvalue weighted by Crippen LogP contribution is 2.53. The van der Waals surface area contributed by atoms with Gasteiger partial charge in [0.1, 0.15) is 30.8 Å². The Morgan fingerprint density at radius 2 is 1.72 bits per heavy atom. The van der Waals surface area contributed by atoms with Crippen LogP contribution in [0, 0.1) is 6.92 Å². The number of aliphatic hydroxyl groups is 2. The first-order chi connectivity index (χ1) is 18.6. The third kappa shape index (κ3) is 5.78. The molecule has 5 rings (SSSR count). The molecule has 4 N–H and O–H groups in total. The van der Waals surface area contributed by atoms with Crippen LogP contribution in [0.2, 0.25) is 0 Å². The minimum Gasteiger partial charge on any atom is -0.394 e. The SMILES string of the molecule is Cc1cn([C@H]2C[C@H](O[P@]3(=O)OCCCc4cn(c(=O)[nH]c4=O)[C@H]4C[C@H](O)[C@@H](CO3)O4)[C@@H](CO)O2)c(=O)[nH]c1=O. The van der Waals surface area contributed by atoms with Crippen molar-refractivity contribution in [3.8, 4) is 0 Å². The molecule has 39 heavy (non-hydrogen) atoms. The fourth-order valence-electron chi connectivity index (χ4n) is 4.77. The Morgan fingerprint density at radius 1 is 1.03 bits per heavy atom. The molecule has 17 heteroatoms. The smallest absolute Gasteiger partial charge is 0.394 e. The van der Waals surface area contributed by atoms with Crippen molar-refractivity contribution < 1.29 is 37.8 Å². The van der Waals surface area contributed by atoms with E-state index in [1.165, 1.54) is 23.9 Å². The summed E-state index contributed by atoms with van der Waals surface area (Å²) in [4.78, 5) is 53.1. The number of rotatable bonds is 4. The summed E-state index contributed by atoms with van der Waals surface area (Å²) in [5, 5.41) is 20.4. The fraction of sp³-hybridized carbons (Fsp3) is 0.636. The molecule has 5 heterocycles. The minimum absolute atomic E-state index is 0.0174. The maximum Gasteiger partial charge on any atom is 0.475 e. The molecule has 2 aromatic rings. The molecule has 0 radical (unpaired) electrons. The van der Waals surface area contributed by atoms with Gasteiger partial charge in [-0.15, -0.1) is 0 Å². The van der Waals surface area contributed by atoms with Gasteiger partial charge >= 0.3 is 19.2 Å². The number of aromatic nitrogens is 4. The topological polar surface area (TPSA) is 213 Å². The summed E-state index contributed by atoms with van der Waals surface area (Å²) >= 11 is 0. The zero-order chi connectivity index (χ0) is 27.9. The van der Waals surface area contributed by atoms with Crippen molar-refractivity contribution in [2.24, 2.45) is 0 Å². The molecular weight excluding hydrogens is 543 g/mol. The summed E-state index contributed by atoms with van der Waals surface area (Å²) in [5.41, 5.74) is -2.01. The van der Waals surface area contributed by atoms with Gasteiger partial charge in [-0.3, -0.25) is 42.3 Å². The van der Waals surface area contributed by atoms with Crippen LogP contribution in [-0.2, 0) is 34.0 Å². The molecule has 214 valence electrons. The first-order valence-corrected chi connectivity index (χ1v) is 13.9. The van der Waals surface area contributed by atoms with E-state index in [9.17, 15) is 34.0 Å². The molecular formula is C22H29N4O12P. The molecule has 2 saturated heterocycles. The molecule has 0 aromatic carbocycles. The largest absolute Gasteiger partial charge is 0.475 e. The van der Waals surface area contributed by atoms with Gasteiger partial charge in [-0.25, -0.2) is 14.2 Å². The van der Waals surface area contributed by atoms with E-state index in [1.807, 2.05) is 0 Å². The Morgan fingerprint density at radius 3 is 2.46 bits per heavy atom. The number of aryl methyl sites for hydroxylation is 2. The predicted molar refractivity (Wildman–Crippen MR) is 130 cm³/mol. The molecule has 16 nitrogen and oxygen atoms in total. The number of nitrogens with zero attached hydrogens (tertiary/aromatic N) is 2. The summed E-state index contributed by atoms with van der Waals surface area (Å²) in [6.45, 7) is 0.391. The Labute approximate surface area is 219 Å². The second-order valence-corrected chi connectivity index (χ2v) is 11.2. The Bertz CT molecular complexity index is 1500. The van der Waals surface area contributed by atoms with Crippen LogP contribution >= 0.6 is 7.82 Å². The number of ether oxygens (including phenoxy) is 2. The second-order valence-electron chi connectivity index (χ2n) is 9.60. The minimum atomic E-state index is -4.37. The fourth-order valence-corrected chi connectivity index (χ4v) is 6.20. The molecule has 0 saturated carbocycles. The first kappa shape index (κ1) is 27.9. The van der Waals surface area contributed by atoms with Gasteiger partial charge in [0, 0.05) is 36.4 Å². The molecule has 2 fully saturated rings. The van der Waals surface area contributed by atoms with E-state index in [0.29, 0.717) is 0 Å². The van der Waals surface area contributed by atoms with E-state index in [4.69, 9.17) is 23.0 Å². The molecule has 4 bridgehead atoms. The number of aromatic amines is 2. The van der Waals surface area contributed by atoms with Gasteiger partial charge in [0.2, 0.25) is 0 Å². The molecule has 0 unspecified atom stereocenters. The van der Waals surface area contributed by atoms with Gasteiger partial charge in [-0.1, -0.05) is 0 Å². The quantitative estimate of drug-likeness (QED) is 0.318. The summed E-state index contributed by atoms with van der Waals surface area (Å²) in [6.07, 6.45) is -2.94. The number of phosphoric acid groups is 1. The van der Waals surface area contributed by atoms with Crippen LogP contribution in [-0.4, -0.2) is 73.6 Å². The number of nitrogens with one attached hydrogen (secondary N) is 2. The standard InChI is InChI=1S/C22H29N4O12P/c1-11-7-25(21(31)23-19(11)29)18-6-14(15(9-27)36-18)38-39(33)34-4-2-3-12-8-26(22(32)24-20(12)30)17-5-13(28)16(37-17)10-35-39/h7-8,13-18,27-28H,2-6,9-10H2,1H3,(H,23,29,31)(H,24,30,32)/t13-,14-,15+,16+,17+,18+,39+/m0/s1. The van der Waals surface area contributed by atoms with Gasteiger partial charge in [0.25, 0.3) is 11.1 Å². The van der Waals surface area contributed by atoms with Gasteiger partial charge < -0.3 is 19.7 Å². The van der Waals surface area contributed by atoms with Crippen molar-refractivity contribution in [1.29, 1.82) is 0 Å². The zero-order valence-corrected chi connectivity index (χ0v) is 21.8. The third-order valence-electron chi connectivity index (χ3n) is 6.87. The van der Waals surface area contributed by atoms with Gasteiger partial charge in [0.15, 0.2) is 0 Å². The number of hydrogen-bond acceptors (Lipinski definition) is 12. The van der Waals surface area contributed by atoms with Crippen LogP contribution in [0.5, 0.6) is 0 Å². The maximum absolute atomic E-state index is 13.7. The highest BCUT2D eigenvalue weighted by atomic mass is 31.2. The van der Waals surface area contributed by atoms with Gasteiger partial charge in [-0.2, -0.15) is 0 Å². The molecule has 0 amide bonds. The lowest BCUT2D eigenvalue weighted by Gasteiger charge is -2.25. The number of aliphatic hydroxyl groups excluding tert-OH is 2. The highest BCUT2D eigenvalue weighted by Gasteiger charge is 2.44. The monoisotopic (exact) mass is 572 g/mol. The molecule has 7 atom stereocenters. The lowest BCUT2D eigenvalue weighted by Crippen LogP contribution is -2.34. The van der Waals surface area contributed by atoms with Crippen LogP contribution in [0.1, 0.15) is 42.8 Å². The molecule has 0 aliphatic carbocycles. The van der Waals surface area contributed by atoms with Crippen LogP contribution in [0.3, 0.4) is 0 Å². The molecule has 2 aromatic heterocycles. The summed E-state index contributed by atoms with van der Waals surface area (Å²) in [6, 6.07) is 0. The maximum atomic E-state index is 13.7. The Hall–Kier alpha value is -2.69. The van der Waals surface area contributed by atoms with Crippen LogP contribution in [0.4, 0.5) is 0 Å². The van der Waals surface area contributed by atoms with E-state index >= 15 is 0 Å². The summed E-state index contributed by atoms with van der Waals surface area (Å²) in [5.74, 6) is 0. The van der Waals surface area contributed by atoms with Crippen LogP contribution in [0.15, 0.2) is 31.6 Å². The Balaban J connectivity index is 1.36. The van der Waals surface area contributed by atoms with Crippen molar-refractivity contribution in [1.82, 2.24) is 19.1 Å². The van der Waals surface area contributed by atoms with Crippen molar-refractivity contribution in [2.45, 2.75) is 69.5 Å². The lowest BCUT2D eigenvalue weighted by atomic mass is 10.2. The van der Waals surface area contributed by atoms with Gasteiger partial charge in [-0.05, 0) is 19.8 Å². The van der Waals surface area contributed by atoms with Crippen molar-refractivity contribution in [3.05, 3.63) is 65.2 Å². The average Bonchev–Trinajstić information content (AvgIpc) is 3.46. The van der Waals surface area contributed by atoms with E-state index in [1.54, 1.807) is 0 Å². The van der Waals surface area contributed by atoms with Crippen LogP contribution in [0.25, 0.3) is 0 Å². The van der Waals surface area contributed by atoms with Crippen molar-refractivity contribution in [3.63, 3.8) is 0 Å². The summed E-state index contributed by atoms with van der Waals surface area (Å²) < 4.78 is 44.3. The van der Waals surface area contributed by atoms with Crippen molar-refractivity contribution in [2.75, 3.05) is 19.8 Å². The number of H-pyrrole nitrogens is 2. The second kappa shape index (κ2) is 11.1. The first-order valence-electron chi connectivity index (χ1n) is 12.4. The van der Waals surface area contributed by atoms with Crippen LogP contribution < -0.4 is 22.5 Å². The Kier molecular flexibility index (Phi) is 7.90. The van der Waals surface area contributed by atoms with Gasteiger partial charge in [0.05, 0.1) is 25.9 Å². The van der Waals surface area contributed by atoms with Crippen molar-refractivity contribution >= 4 is 7.82 Å². The lowest BCUT2D eigenvalue weighted by molar-refractivity contribution is -0.0599. The summed E-state index contributed by atoms with van der Waals surface area (Å²) in [7, 11) is -4.37. The molecule has 3 aliphatic rings. The average molecular weight is 572 g/mol. The van der Waals surface area contributed by atoms with E-state index < -0.39 is 80.4 Å². The number of fused-ring (bicyclic) bond motifs is 5. The highest BCUT2D eigenvalue weighted by molar-refractivity contribution is 7.48. The molecule has 0 spiro atoms. The number of hydrogen-bond donors (Lipinski definition) is 4. The van der Waals surface area contributed by atoms with E-state index in [2.05, 4.69) is 9.97 Å².